The van der Waals surface area contributed by atoms with Gasteiger partial charge in [0, 0.05) is 32.7 Å². The zero-order valence-corrected chi connectivity index (χ0v) is 12.8. The van der Waals surface area contributed by atoms with Crippen LogP contribution in [0.25, 0.3) is 11.0 Å². The van der Waals surface area contributed by atoms with Crippen LogP contribution in [0.4, 0.5) is 10.7 Å². The van der Waals surface area contributed by atoms with Crippen molar-refractivity contribution in [2.75, 3.05) is 31.1 Å². The van der Waals surface area contributed by atoms with E-state index in [2.05, 4.69) is 40.3 Å². The third-order valence-electron chi connectivity index (χ3n) is 4.03. The molecule has 124 valence electrons. The van der Waals surface area contributed by atoms with E-state index in [1.54, 1.807) is 4.90 Å². The topological polar surface area (TPSA) is 116 Å². The molecule has 2 N–H and O–H groups in total. The molecular weight excluding hydrogens is 312 g/mol. The second kappa shape index (κ2) is 6.14. The second-order valence-electron chi connectivity index (χ2n) is 5.53. The van der Waals surface area contributed by atoms with Crippen molar-refractivity contribution in [3.63, 3.8) is 0 Å². The number of H-pyrrole nitrogens is 1. The fraction of sp³-hybridized carbons (Fsp3) is 0.357. The van der Waals surface area contributed by atoms with Gasteiger partial charge in [-0.1, -0.05) is 6.07 Å². The molecule has 4 rings (SSSR count). The maximum atomic E-state index is 12.3. The lowest BCUT2D eigenvalue weighted by atomic mass is 10.2. The monoisotopic (exact) mass is 328 g/mol. The number of rotatable bonds is 3. The molecule has 0 radical (unpaired) electrons. The number of anilines is 1. The maximum Gasteiger partial charge on any atom is 0.317 e. The van der Waals surface area contributed by atoms with Crippen molar-refractivity contribution in [2.45, 2.75) is 6.54 Å². The second-order valence-corrected chi connectivity index (χ2v) is 5.53. The minimum absolute atomic E-state index is 0.0782. The number of hydrogen-bond acceptors (Lipinski definition) is 7. The number of carbonyl (C=O) groups excluding carboxylic acids is 1. The van der Waals surface area contributed by atoms with Gasteiger partial charge in [-0.05, 0) is 28.0 Å². The van der Waals surface area contributed by atoms with Crippen LogP contribution >= 0.6 is 0 Å². The Bertz CT molecular complexity index is 822. The smallest absolute Gasteiger partial charge is 0.317 e. The molecule has 0 saturated carbocycles. The minimum atomic E-state index is -0.0782. The highest BCUT2D eigenvalue weighted by Gasteiger charge is 2.22. The first-order valence-corrected chi connectivity index (χ1v) is 7.64. The van der Waals surface area contributed by atoms with Crippen molar-refractivity contribution in [3.8, 4) is 0 Å². The summed E-state index contributed by atoms with van der Waals surface area (Å²) in [5, 5.41) is 17.2. The van der Waals surface area contributed by atoms with Crippen LogP contribution in [0.15, 0.2) is 29.2 Å². The van der Waals surface area contributed by atoms with Crippen molar-refractivity contribution in [1.82, 2.24) is 35.7 Å². The standard InChI is InChI=1S/C14H16N8O2/c23-14(15-8-10-1-2-11-12(7-10)20-24-19-11)22-5-3-21(4-6-22)13-16-9-17-18-13/h1-2,7,9H,3-6,8H2,(H,15,23)(H,16,17,18). The highest BCUT2D eigenvalue weighted by Crippen LogP contribution is 2.12. The van der Waals surface area contributed by atoms with Gasteiger partial charge in [-0.3, -0.25) is 0 Å². The van der Waals surface area contributed by atoms with Crippen molar-refractivity contribution in [3.05, 3.63) is 30.1 Å². The van der Waals surface area contributed by atoms with Crippen LogP contribution in [-0.4, -0.2) is 62.6 Å². The van der Waals surface area contributed by atoms with Gasteiger partial charge in [-0.15, -0.1) is 0 Å². The van der Waals surface area contributed by atoms with Gasteiger partial charge in [0.25, 0.3) is 0 Å². The molecule has 10 nitrogen and oxygen atoms in total. The maximum absolute atomic E-state index is 12.3. The predicted molar refractivity (Wildman–Crippen MR) is 84.2 cm³/mol. The normalized spacial score (nSPS) is 15.0. The summed E-state index contributed by atoms with van der Waals surface area (Å²) < 4.78 is 4.67. The number of benzene rings is 1. The van der Waals surface area contributed by atoms with Crippen LogP contribution in [0, 0.1) is 0 Å². The first-order chi connectivity index (χ1) is 11.8. The molecule has 3 aromatic rings. The fourth-order valence-corrected chi connectivity index (χ4v) is 2.70. The quantitative estimate of drug-likeness (QED) is 0.713. The first-order valence-electron chi connectivity index (χ1n) is 7.64. The van der Waals surface area contributed by atoms with Crippen molar-refractivity contribution in [2.24, 2.45) is 0 Å². The lowest BCUT2D eigenvalue weighted by molar-refractivity contribution is 0.193. The van der Waals surface area contributed by atoms with E-state index in [1.165, 1.54) is 6.33 Å². The average Bonchev–Trinajstić information content (AvgIpc) is 3.31. The van der Waals surface area contributed by atoms with Gasteiger partial charge in [0.2, 0.25) is 5.95 Å². The highest BCUT2D eigenvalue weighted by atomic mass is 16.6. The lowest BCUT2D eigenvalue weighted by Gasteiger charge is -2.34. The molecule has 0 spiro atoms. The summed E-state index contributed by atoms with van der Waals surface area (Å²) in [6.45, 7) is 3.15. The Balaban J connectivity index is 1.30. The molecule has 24 heavy (non-hydrogen) atoms. The molecule has 1 aliphatic rings. The molecule has 1 fully saturated rings. The van der Waals surface area contributed by atoms with E-state index in [1.807, 2.05) is 18.2 Å². The third kappa shape index (κ3) is 2.85. The van der Waals surface area contributed by atoms with Crippen LogP contribution in [0.2, 0.25) is 0 Å². The van der Waals surface area contributed by atoms with E-state index in [0.29, 0.717) is 30.7 Å². The number of nitrogens with one attached hydrogen (secondary N) is 2. The molecule has 3 heterocycles. The number of amides is 2. The van der Waals surface area contributed by atoms with Crippen LogP contribution in [0.5, 0.6) is 0 Å². The summed E-state index contributed by atoms with van der Waals surface area (Å²) in [5.41, 5.74) is 2.34. The van der Waals surface area contributed by atoms with Gasteiger partial charge in [-0.2, -0.15) is 10.1 Å². The summed E-state index contributed by atoms with van der Waals surface area (Å²) >= 11 is 0. The minimum Gasteiger partial charge on any atom is -0.338 e. The first kappa shape index (κ1) is 14.4. The van der Waals surface area contributed by atoms with Gasteiger partial charge in [0.15, 0.2) is 0 Å². The van der Waals surface area contributed by atoms with Crippen LogP contribution in [0.3, 0.4) is 0 Å². The summed E-state index contributed by atoms with van der Waals surface area (Å²) in [6, 6.07) is 5.50. The van der Waals surface area contributed by atoms with E-state index in [4.69, 9.17) is 0 Å². The van der Waals surface area contributed by atoms with E-state index < -0.39 is 0 Å². The largest absolute Gasteiger partial charge is 0.338 e. The zero-order valence-electron chi connectivity index (χ0n) is 12.8. The number of fused-ring (bicyclic) bond motifs is 1. The SMILES string of the molecule is O=C(NCc1ccc2nonc2c1)N1CCN(c2ncn[nH]2)CC1. The Morgan fingerprint density at radius 3 is 2.83 bits per heavy atom. The van der Waals surface area contributed by atoms with Gasteiger partial charge < -0.3 is 15.1 Å². The summed E-state index contributed by atoms with van der Waals surface area (Å²) in [6.07, 6.45) is 1.48. The number of aromatic nitrogens is 5. The fourth-order valence-electron chi connectivity index (χ4n) is 2.70. The van der Waals surface area contributed by atoms with E-state index in [0.717, 1.165) is 24.6 Å². The van der Waals surface area contributed by atoms with Crippen LogP contribution < -0.4 is 10.2 Å². The molecule has 1 aromatic carbocycles. The molecule has 10 heteroatoms. The highest BCUT2D eigenvalue weighted by molar-refractivity contribution is 5.76. The molecule has 2 aromatic heterocycles. The summed E-state index contributed by atoms with van der Waals surface area (Å²) in [5.74, 6) is 0.740. The number of aromatic amines is 1. The number of piperazine rings is 1. The number of carbonyl (C=O) groups is 1. The Labute approximate surface area is 136 Å². The lowest BCUT2D eigenvalue weighted by Crippen LogP contribution is -2.52. The van der Waals surface area contributed by atoms with Gasteiger partial charge in [-0.25, -0.2) is 14.5 Å². The van der Waals surface area contributed by atoms with E-state index in [-0.39, 0.29) is 6.03 Å². The molecule has 0 aliphatic carbocycles. The Hall–Kier alpha value is -3.17. The molecular formula is C14H16N8O2. The molecule has 2 amide bonds. The number of hydrogen-bond donors (Lipinski definition) is 2. The third-order valence-corrected chi connectivity index (χ3v) is 4.03. The van der Waals surface area contributed by atoms with Crippen molar-refractivity contribution >= 4 is 23.0 Å². The molecule has 0 bridgehead atoms. The molecule has 0 unspecified atom stereocenters. The van der Waals surface area contributed by atoms with Crippen LogP contribution in [0.1, 0.15) is 5.56 Å². The van der Waals surface area contributed by atoms with E-state index >= 15 is 0 Å². The van der Waals surface area contributed by atoms with Gasteiger partial charge in [0.05, 0.1) is 0 Å². The van der Waals surface area contributed by atoms with Crippen molar-refractivity contribution in [1.29, 1.82) is 0 Å². The van der Waals surface area contributed by atoms with Crippen molar-refractivity contribution < 1.29 is 9.42 Å². The molecule has 1 saturated heterocycles. The van der Waals surface area contributed by atoms with E-state index in [9.17, 15) is 4.79 Å². The summed E-state index contributed by atoms with van der Waals surface area (Å²) in [7, 11) is 0. The predicted octanol–water partition coefficient (Wildman–Crippen LogP) is 0.373. The number of nitrogens with zero attached hydrogens (tertiary/aromatic N) is 6. The Morgan fingerprint density at radius 1 is 1.21 bits per heavy atom. The Morgan fingerprint density at radius 2 is 2.04 bits per heavy atom. The van der Waals surface area contributed by atoms with Gasteiger partial charge >= 0.3 is 6.03 Å². The summed E-state index contributed by atoms with van der Waals surface area (Å²) in [4.78, 5) is 20.3. The Kier molecular flexibility index (Phi) is 3.69. The van der Waals surface area contributed by atoms with Crippen LogP contribution in [-0.2, 0) is 6.54 Å². The average molecular weight is 328 g/mol. The number of urea groups is 1. The zero-order chi connectivity index (χ0) is 16.4. The van der Waals surface area contributed by atoms with Gasteiger partial charge in [0.1, 0.15) is 17.4 Å². The molecule has 1 aliphatic heterocycles. The molecule has 0 atom stereocenters.